The van der Waals surface area contributed by atoms with Crippen molar-refractivity contribution in [2.45, 2.75) is 37.5 Å². The second-order valence-electron chi connectivity index (χ2n) is 6.91. The van der Waals surface area contributed by atoms with Crippen molar-refractivity contribution in [3.05, 3.63) is 65.2 Å². The Morgan fingerprint density at radius 3 is 2.64 bits per heavy atom. The highest BCUT2D eigenvalue weighted by molar-refractivity contribution is 5.37. The number of fused-ring (bicyclic) bond motifs is 1. The van der Waals surface area contributed by atoms with Crippen LogP contribution in [-0.2, 0) is 6.42 Å². The molecule has 2 aliphatic rings. The summed E-state index contributed by atoms with van der Waals surface area (Å²) in [5.74, 6) is 0.769. The molecular weight excluding hydrogens is 312 g/mol. The molecule has 0 bridgehead atoms. The van der Waals surface area contributed by atoms with Gasteiger partial charge in [-0.3, -0.25) is 4.90 Å². The summed E-state index contributed by atoms with van der Waals surface area (Å²) < 4.78 is 6.06. The summed E-state index contributed by atoms with van der Waals surface area (Å²) in [5, 5.41) is 19.6. The fourth-order valence-corrected chi connectivity index (χ4v) is 4.04. The molecule has 2 aromatic carbocycles. The van der Waals surface area contributed by atoms with Crippen LogP contribution in [-0.4, -0.2) is 35.2 Å². The zero-order chi connectivity index (χ0) is 17.2. The smallest absolute Gasteiger partial charge is 0.121 e. The molecule has 1 N–H and O–H groups in total. The maximum Gasteiger partial charge on any atom is 0.121 e. The van der Waals surface area contributed by atoms with E-state index in [4.69, 9.17) is 10.00 Å². The Bertz CT molecular complexity index is 790. The number of rotatable bonds is 3. The van der Waals surface area contributed by atoms with Gasteiger partial charge in [-0.25, -0.2) is 0 Å². The van der Waals surface area contributed by atoms with Crippen molar-refractivity contribution < 1.29 is 9.84 Å². The fraction of sp³-hybridized carbons (Fsp3) is 0.381. The van der Waals surface area contributed by atoms with E-state index in [0.29, 0.717) is 5.56 Å². The Balaban J connectivity index is 1.35. The number of hydrogen-bond acceptors (Lipinski definition) is 4. The van der Waals surface area contributed by atoms with E-state index < -0.39 is 0 Å². The number of piperidine rings is 1. The van der Waals surface area contributed by atoms with Crippen molar-refractivity contribution in [1.29, 1.82) is 5.26 Å². The van der Waals surface area contributed by atoms with Crippen molar-refractivity contribution in [1.82, 2.24) is 4.90 Å². The van der Waals surface area contributed by atoms with E-state index in [1.807, 2.05) is 30.3 Å². The van der Waals surface area contributed by atoms with E-state index in [9.17, 15) is 5.11 Å². The first kappa shape index (κ1) is 16.1. The van der Waals surface area contributed by atoms with Crippen molar-refractivity contribution in [3.8, 4) is 11.8 Å². The normalized spacial score (nSPS) is 23.8. The molecule has 128 valence electrons. The van der Waals surface area contributed by atoms with Crippen molar-refractivity contribution in [2.24, 2.45) is 0 Å². The van der Waals surface area contributed by atoms with Crippen LogP contribution in [0.3, 0.4) is 0 Å². The lowest BCUT2D eigenvalue weighted by Gasteiger charge is -2.37. The van der Waals surface area contributed by atoms with Crippen LogP contribution in [0.1, 0.15) is 35.6 Å². The summed E-state index contributed by atoms with van der Waals surface area (Å²) in [7, 11) is 0. The topological polar surface area (TPSA) is 56.5 Å². The molecule has 1 fully saturated rings. The summed E-state index contributed by atoms with van der Waals surface area (Å²) in [6.45, 7) is 1.86. The summed E-state index contributed by atoms with van der Waals surface area (Å²) in [5.41, 5.74) is 2.98. The van der Waals surface area contributed by atoms with Crippen LogP contribution in [0.2, 0.25) is 0 Å². The Labute approximate surface area is 148 Å². The molecule has 2 aromatic rings. The Kier molecular flexibility index (Phi) is 4.44. The average Bonchev–Trinajstić information content (AvgIpc) is 3.00. The molecule has 0 spiro atoms. The van der Waals surface area contributed by atoms with Gasteiger partial charge < -0.3 is 9.84 Å². The molecule has 0 aromatic heterocycles. The molecule has 4 rings (SSSR count). The molecule has 4 nitrogen and oxygen atoms in total. The molecule has 25 heavy (non-hydrogen) atoms. The molecule has 4 heteroatoms. The lowest BCUT2D eigenvalue weighted by atomic mass is 10.0. The van der Waals surface area contributed by atoms with Crippen LogP contribution in [0.5, 0.6) is 5.75 Å². The zero-order valence-electron chi connectivity index (χ0n) is 14.1. The highest BCUT2D eigenvalue weighted by Gasteiger charge is 2.36. The Morgan fingerprint density at radius 1 is 1.08 bits per heavy atom. The second-order valence-corrected chi connectivity index (χ2v) is 6.91. The van der Waals surface area contributed by atoms with Crippen LogP contribution >= 0.6 is 0 Å². The van der Waals surface area contributed by atoms with Gasteiger partial charge >= 0.3 is 0 Å². The third-order valence-corrected chi connectivity index (χ3v) is 5.38. The molecule has 1 heterocycles. The van der Waals surface area contributed by atoms with Crippen LogP contribution in [0.15, 0.2) is 48.5 Å². The molecule has 1 saturated heterocycles. The van der Waals surface area contributed by atoms with Gasteiger partial charge in [-0.05, 0) is 48.6 Å². The van der Waals surface area contributed by atoms with Crippen molar-refractivity contribution >= 4 is 0 Å². The van der Waals surface area contributed by atoms with Crippen molar-refractivity contribution in [3.63, 3.8) is 0 Å². The number of aliphatic hydroxyl groups excluding tert-OH is 1. The standard InChI is InChI=1S/C21H22N2O2/c22-14-15-4-3-6-18(12-15)25-17-8-10-23(11-9-17)20-13-16-5-1-2-7-19(16)21(20)24/h1-7,12,17,20-21,24H,8-11,13H2. The van der Waals surface area contributed by atoms with Crippen molar-refractivity contribution in [2.75, 3.05) is 13.1 Å². The van der Waals surface area contributed by atoms with E-state index in [1.165, 1.54) is 5.56 Å². The highest BCUT2D eigenvalue weighted by atomic mass is 16.5. The van der Waals surface area contributed by atoms with Crippen LogP contribution in [0.25, 0.3) is 0 Å². The maximum absolute atomic E-state index is 10.6. The number of ether oxygens (including phenoxy) is 1. The number of hydrogen-bond donors (Lipinski definition) is 1. The molecule has 2 atom stereocenters. The third-order valence-electron chi connectivity index (χ3n) is 5.38. The van der Waals surface area contributed by atoms with Gasteiger partial charge in [0.05, 0.1) is 17.7 Å². The van der Waals surface area contributed by atoms with Gasteiger partial charge in [0, 0.05) is 19.1 Å². The van der Waals surface area contributed by atoms with Crippen LogP contribution in [0, 0.1) is 11.3 Å². The number of benzene rings is 2. The predicted octanol–water partition coefficient (Wildman–Crippen LogP) is 3.06. The predicted molar refractivity (Wildman–Crippen MR) is 95.3 cm³/mol. The number of nitriles is 1. The van der Waals surface area contributed by atoms with Gasteiger partial charge in [-0.2, -0.15) is 5.26 Å². The fourth-order valence-electron chi connectivity index (χ4n) is 4.04. The van der Waals surface area contributed by atoms with Gasteiger partial charge in [-0.15, -0.1) is 0 Å². The minimum absolute atomic E-state index is 0.172. The summed E-state index contributed by atoms with van der Waals surface area (Å²) in [6, 6.07) is 17.9. The summed E-state index contributed by atoms with van der Waals surface area (Å²) in [6.07, 6.45) is 2.59. The number of likely N-dealkylation sites (tertiary alicyclic amines) is 1. The second kappa shape index (κ2) is 6.87. The highest BCUT2D eigenvalue weighted by Crippen LogP contribution is 2.35. The maximum atomic E-state index is 10.6. The first-order valence-electron chi connectivity index (χ1n) is 8.91. The lowest BCUT2D eigenvalue weighted by molar-refractivity contribution is 0.0215. The monoisotopic (exact) mass is 334 g/mol. The number of aliphatic hydroxyl groups is 1. The zero-order valence-corrected chi connectivity index (χ0v) is 14.1. The first-order chi connectivity index (χ1) is 12.2. The third kappa shape index (κ3) is 3.26. The quantitative estimate of drug-likeness (QED) is 0.937. The SMILES string of the molecule is N#Cc1cccc(OC2CCN(C3Cc4ccccc4C3O)CC2)c1. The molecule has 0 radical (unpaired) electrons. The van der Waals surface area contributed by atoms with Gasteiger partial charge in [0.1, 0.15) is 11.9 Å². The van der Waals surface area contributed by atoms with E-state index in [0.717, 1.165) is 43.7 Å². The summed E-state index contributed by atoms with van der Waals surface area (Å²) in [4.78, 5) is 2.40. The van der Waals surface area contributed by atoms with E-state index in [-0.39, 0.29) is 18.2 Å². The molecule has 0 saturated carbocycles. The summed E-state index contributed by atoms with van der Waals surface area (Å²) >= 11 is 0. The Hall–Kier alpha value is -2.35. The van der Waals surface area contributed by atoms with Crippen LogP contribution in [0.4, 0.5) is 0 Å². The molecule has 1 aliphatic carbocycles. The van der Waals surface area contributed by atoms with Crippen LogP contribution < -0.4 is 4.74 Å². The largest absolute Gasteiger partial charge is 0.490 e. The minimum Gasteiger partial charge on any atom is -0.490 e. The van der Waals surface area contributed by atoms with E-state index in [2.05, 4.69) is 17.0 Å². The van der Waals surface area contributed by atoms with E-state index >= 15 is 0 Å². The van der Waals surface area contributed by atoms with Gasteiger partial charge in [0.15, 0.2) is 0 Å². The number of nitrogens with zero attached hydrogens (tertiary/aromatic N) is 2. The van der Waals surface area contributed by atoms with E-state index in [1.54, 1.807) is 12.1 Å². The first-order valence-corrected chi connectivity index (χ1v) is 8.91. The minimum atomic E-state index is -0.388. The molecule has 1 aliphatic heterocycles. The molecule has 2 unspecified atom stereocenters. The van der Waals surface area contributed by atoms with Gasteiger partial charge in [-0.1, -0.05) is 30.3 Å². The molecular formula is C21H22N2O2. The average molecular weight is 334 g/mol. The van der Waals surface area contributed by atoms with Gasteiger partial charge in [0.25, 0.3) is 0 Å². The molecule has 0 amide bonds. The van der Waals surface area contributed by atoms with Gasteiger partial charge in [0.2, 0.25) is 0 Å². The Morgan fingerprint density at radius 2 is 1.88 bits per heavy atom. The lowest BCUT2D eigenvalue weighted by Crippen LogP contribution is -2.45.